The van der Waals surface area contributed by atoms with Crippen LogP contribution in [-0.4, -0.2) is 15.0 Å². The maximum atomic E-state index is 9.72. The molecule has 0 radical (unpaired) electrons. The van der Waals surface area contributed by atoms with Gasteiger partial charge in [0.25, 0.3) is 0 Å². The maximum Gasteiger partial charge on any atom is 0.164 e. The quantitative estimate of drug-likeness (QED) is 0.145. The SMILES string of the molecule is N#Cc1cccc(-c2ccc(C34CC5CC(C3)C(c3ccc(-c6ccc(-c7nc(-c8ccc(-c9ccccc9)cc8)nc(-c8ccc(-c9ccccc9)cc8)n7)cc6)c6ccccc36)(C5)C4)c3ccccc23)c1. The van der Waals surface area contributed by atoms with Crippen molar-refractivity contribution in [3.05, 3.63) is 247 Å². The first-order valence-electron chi connectivity index (χ1n) is 25.7. The summed E-state index contributed by atoms with van der Waals surface area (Å²) in [6.07, 6.45) is 6.24. The van der Waals surface area contributed by atoms with Crippen LogP contribution < -0.4 is 0 Å². The highest BCUT2D eigenvalue weighted by molar-refractivity contribution is 6.01. The molecule has 4 fully saturated rings. The van der Waals surface area contributed by atoms with Gasteiger partial charge in [0, 0.05) is 16.7 Å². The molecular weight excluding hydrogens is 885 g/mol. The largest absolute Gasteiger partial charge is 0.208 e. The molecule has 4 heteroatoms. The van der Waals surface area contributed by atoms with Crippen LogP contribution in [0.25, 0.3) is 100 Å². The van der Waals surface area contributed by atoms with Gasteiger partial charge in [-0.25, -0.2) is 15.0 Å². The van der Waals surface area contributed by atoms with Crippen molar-refractivity contribution in [2.24, 2.45) is 11.8 Å². The van der Waals surface area contributed by atoms with E-state index in [0.717, 1.165) is 33.4 Å². The van der Waals surface area contributed by atoms with Crippen molar-refractivity contribution in [1.82, 2.24) is 15.0 Å². The summed E-state index contributed by atoms with van der Waals surface area (Å²) in [6, 6.07) is 85.0. The van der Waals surface area contributed by atoms with Gasteiger partial charge in [0.05, 0.1) is 11.6 Å². The highest BCUT2D eigenvalue weighted by Crippen LogP contribution is 2.72. The van der Waals surface area contributed by atoms with Crippen molar-refractivity contribution in [1.29, 1.82) is 5.26 Å². The van der Waals surface area contributed by atoms with E-state index < -0.39 is 0 Å². The Hall–Kier alpha value is -8.78. The molecule has 0 aliphatic heterocycles. The molecule has 0 N–H and O–H groups in total. The van der Waals surface area contributed by atoms with Crippen LogP contribution in [0.1, 0.15) is 48.8 Å². The van der Waals surface area contributed by atoms with Gasteiger partial charge in [-0.3, -0.25) is 0 Å². The van der Waals surface area contributed by atoms with E-state index in [9.17, 15) is 5.26 Å². The first-order chi connectivity index (χ1) is 36.0. The third-order valence-corrected chi connectivity index (χ3v) is 16.9. The maximum absolute atomic E-state index is 9.72. The second kappa shape index (κ2) is 17.2. The molecule has 346 valence electrons. The van der Waals surface area contributed by atoms with Gasteiger partial charge in [-0.05, 0) is 144 Å². The molecule has 4 unspecified atom stereocenters. The molecule has 0 saturated heterocycles. The second-order valence-corrected chi connectivity index (χ2v) is 20.9. The number of aromatic nitrogens is 3. The minimum atomic E-state index is 0.125. The van der Waals surface area contributed by atoms with E-state index in [-0.39, 0.29) is 10.8 Å². The topological polar surface area (TPSA) is 62.5 Å². The van der Waals surface area contributed by atoms with Crippen LogP contribution in [0.15, 0.2) is 231 Å². The Kier molecular flexibility index (Phi) is 10.2. The van der Waals surface area contributed by atoms with Gasteiger partial charge in [0.2, 0.25) is 0 Å². The first kappa shape index (κ1) is 43.0. The van der Waals surface area contributed by atoms with Crippen molar-refractivity contribution in [2.75, 3.05) is 0 Å². The lowest BCUT2D eigenvalue weighted by molar-refractivity contribution is 0.221. The van der Waals surface area contributed by atoms with Crippen LogP contribution in [0.5, 0.6) is 0 Å². The predicted molar refractivity (Wildman–Crippen MR) is 297 cm³/mol. The summed E-state index contributed by atoms with van der Waals surface area (Å²) in [5, 5.41) is 15.1. The smallest absolute Gasteiger partial charge is 0.164 e. The van der Waals surface area contributed by atoms with E-state index in [1.165, 1.54) is 92.6 Å². The summed E-state index contributed by atoms with van der Waals surface area (Å²) in [5.74, 6) is 3.27. The highest BCUT2D eigenvalue weighted by atomic mass is 15.0. The molecule has 1 heterocycles. The van der Waals surface area contributed by atoms with Crippen LogP contribution in [0.3, 0.4) is 0 Å². The molecule has 4 aliphatic carbocycles. The summed E-state index contributed by atoms with van der Waals surface area (Å²) in [5.41, 5.74) is 16.2. The van der Waals surface area contributed by atoms with Crippen LogP contribution in [-0.2, 0) is 10.8 Å². The third-order valence-electron chi connectivity index (χ3n) is 16.9. The predicted octanol–water partition coefficient (Wildman–Crippen LogP) is 17.1. The van der Waals surface area contributed by atoms with Crippen LogP contribution in [0.4, 0.5) is 0 Å². The van der Waals surface area contributed by atoms with E-state index in [2.05, 4.69) is 206 Å². The number of benzene rings is 10. The average molecular weight is 935 g/mol. The van der Waals surface area contributed by atoms with Gasteiger partial charge >= 0.3 is 0 Å². The molecule has 15 rings (SSSR count). The minimum Gasteiger partial charge on any atom is -0.208 e. The van der Waals surface area contributed by atoms with Crippen LogP contribution >= 0.6 is 0 Å². The Bertz CT molecular complexity index is 3850. The third kappa shape index (κ3) is 7.30. The molecule has 4 nitrogen and oxygen atoms in total. The van der Waals surface area contributed by atoms with E-state index in [1.54, 1.807) is 0 Å². The molecule has 73 heavy (non-hydrogen) atoms. The van der Waals surface area contributed by atoms with Gasteiger partial charge in [0.1, 0.15) is 0 Å². The van der Waals surface area contributed by atoms with Crippen molar-refractivity contribution in [3.63, 3.8) is 0 Å². The number of nitrogens with zero attached hydrogens (tertiary/aromatic N) is 4. The molecule has 10 aromatic carbocycles. The standard InChI is InChI=1S/C69H50N4/c70-43-45-12-11-17-55(38-45)58-34-36-63(61-20-9-7-19-60(58)61)68-40-46-39-56(42-68)69(41-46,44-68)64-37-35-57(59-18-8-10-21-62(59)64)51-26-32-54(33-27-51)67-72-65(52-28-22-49(23-29-52)47-13-3-1-4-14-47)71-66(73-67)53-30-24-50(25-31-53)48-15-5-2-6-16-48/h1-38,46,56H,39-42,44H2. The number of hydrogen-bond acceptors (Lipinski definition) is 4. The summed E-state index contributed by atoms with van der Waals surface area (Å²) in [4.78, 5) is 15.4. The van der Waals surface area contributed by atoms with E-state index in [1.807, 2.05) is 30.3 Å². The van der Waals surface area contributed by atoms with Crippen molar-refractivity contribution >= 4 is 21.5 Å². The van der Waals surface area contributed by atoms with Crippen molar-refractivity contribution in [3.8, 4) is 84.7 Å². The fourth-order valence-corrected chi connectivity index (χ4v) is 13.8. The fraction of sp³-hybridized carbons (Fsp3) is 0.130. The lowest BCUT2D eigenvalue weighted by atomic mass is 9.61. The average Bonchev–Trinajstić information content (AvgIpc) is 3.87. The number of nitriles is 1. The van der Waals surface area contributed by atoms with Crippen molar-refractivity contribution < 1.29 is 0 Å². The Morgan fingerprint density at radius 3 is 1.36 bits per heavy atom. The molecule has 1 aromatic heterocycles. The Labute approximate surface area is 426 Å². The molecule has 11 aromatic rings. The van der Waals surface area contributed by atoms with Gasteiger partial charge < -0.3 is 0 Å². The Morgan fingerprint density at radius 1 is 0.370 bits per heavy atom. The van der Waals surface area contributed by atoms with E-state index in [0.29, 0.717) is 34.9 Å². The first-order valence-corrected chi connectivity index (χ1v) is 25.7. The monoisotopic (exact) mass is 934 g/mol. The molecule has 4 atom stereocenters. The molecule has 0 spiro atoms. The lowest BCUT2D eigenvalue weighted by Crippen LogP contribution is -2.35. The van der Waals surface area contributed by atoms with Gasteiger partial charge in [-0.15, -0.1) is 0 Å². The van der Waals surface area contributed by atoms with Gasteiger partial charge in [-0.2, -0.15) is 5.26 Å². The van der Waals surface area contributed by atoms with Crippen LogP contribution in [0.2, 0.25) is 0 Å². The summed E-state index contributed by atoms with van der Waals surface area (Å²) >= 11 is 0. The number of rotatable bonds is 9. The minimum absolute atomic E-state index is 0.125. The number of fused-ring (bicyclic) bond motifs is 2. The van der Waals surface area contributed by atoms with Gasteiger partial charge in [0.15, 0.2) is 17.5 Å². The Balaban J connectivity index is 0.808. The molecule has 0 amide bonds. The molecule has 4 saturated carbocycles. The summed E-state index contributed by atoms with van der Waals surface area (Å²) in [7, 11) is 0. The highest BCUT2D eigenvalue weighted by Gasteiger charge is 2.65. The van der Waals surface area contributed by atoms with Crippen molar-refractivity contribution in [2.45, 2.75) is 42.9 Å². The zero-order valence-corrected chi connectivity index (χ0v) is 40.4. The van der Waals surface area contributed by atoms with E-state index in [4.69, 9.17) is 15.0 Å². The summed E-state index contributed by atoms with van der Waals surface area (Å²) < 4.78 is 0. The fourth-order valence-electron chi connectivity index (χ4n) is 13.8. The zero-order valence-electron chi connectivity index (χ0n) is 40.4. The molecular formula is C69H50N4. The van der Waals surface area contributed by atoms with Crippen LogP contribution in [0, 0.1) is 23.2 Å². The zero-order chi connectivity index (χ0) is 48.5. The lowest BCUT2D eigenvalue weighted by Gasteiger charge is -2.43. The molecule has 4 bridgehead atoms. The summed E-state index contributed by atoms with van der Waals surface area (Å²) in [6.45, 7) is 0. The Morgan fingerprint density at radius 2 is 0.808 bits per heavy atom. The normalized spacial score (nSPS) is 19.6. The molecule has 4 aliphatic rings. The number of hydrogen-bond donors (Lipinski definition) is 0. The van der Waals surface area contributed by atoms with E-state index >= 15 is 0 Å². The van der Waals surface area contributed by atoms with Gasteiger partial charge in [-0.1, -0.05) is 218 Å². The second-order valence-electron chi connectivity index (χ2n) is 20.9.